The molecule has 0 aliphatic heterocycles. The Morgan fingerprint density at radius 3 is 2.54 bits per heavy atom. The second kappa shape index (κ2) is 10.5. The van der Waals surface area contributed by atoms with Crippen LogP contribution in [0.5, 0.6) is 0 Å². The van der Waals surface area contributed by atoms with Gasteiger partial charge < -0.3 is 4.74 Å². The average molecular weight is 549 g/mol. The summed E-state index contributed by atoms with van der Waals surface area (Å²) in [7, 11) is 0. The third kappa shape index (κ3) is 4.73. The number of ether oxygens (including phenoxy) is 1. The molecule has 200 valence electrons. The van der Waals surface area contributed by atoms with Gasteiger partial charge in [0.05, 0.1) is 17.7 Å². The van der Waals surface area contributed by atoms with Gasteiger partial charge in [-0.1, -0.05) is 48.5 Å². The molecule has 5 aromatic rings. The summed E-state index contributed by atoms with van der Waals surface area (Å²) >= 11 is 6.26. The van der Waals surface area contributed by atoms with Gasteiger partial charge in [0, 0.05) is 18.3 Å². The van der Waals surface area contributed by atoms with Crippen molar-refractivity contribution < 1.29 is 9.13 Å². The van der Waals surface area contributed by atoms with Crippen molar-refractivity contribution in [1.29, 1.82) is 0 Å². The zero-order valence-corrected chi connectivity index (χ0v) is 22.4. The Hall–Kier alpha value is -4.28. The first-order valence-electron chi connectivity index (χ1n) is 12.3. The Morgan fingerprint density at radius 1 is 1.15 bits per heavy atom. The number of H-pyrrole nitrogens is 1. The van der Waals surface area contributed by atoms with Gasteiger partial charge in [-0.25, -0.2) is 9.18 Å². The van der Waals surface area contributed by atoms with Crippen molar-refractivity contribution in [1.82, 2.24) is 29.1 Å². The molecule has 0 radical (unpaired) electrons. The van der Waals surface area contributed by atoms with Crippen LogP contribution in [0.3, 0.4) is 0 Å². The summed E-state index contributed by atoms with van der Waals surface area (Å²) in [6, 6.07) is 12.2. The minimum absolute atomic E-state index is 0.0622. The zero-order chi connectivity index (χ0) is 27.8. The van der Waals surface area contributed by atoms with Gasteiger partial charge >= 0.3 is 5.69 Å². The third-order valence-corrected chi connectivity index (χ3v) is 6.75. The van der Waals surface area contributed by atoms with E-state index in [-0.39, 0.29) is 22.8 Å². The second-order valence-electron chi connectivity index (χ2n) is 9.15. The molecule has 39 heavy (non-hydrogen) atoms. The highest BCUT2D eigenvalue weighted by molar-refractivity contribution is 6.31. The molecule has 0 aliphatic rings. The highest BCUT2D eigenvalue weighted by atomic mass is 35.5. The molecule has 11 heteroatoms. The van der Waals surface area contributed by atoms with Crippen LogP contribution in [-0.2, 0) is 24.5 Å². The summed E-state index contributed by atoms with van der Waals surface area (Å²) < 4.78 is 25.1. The topological polar surface area (TPSA) is 99.7 Å². The molecule has 5 rings (SSSR count). The average Bonchev–Trinajstić information content (AvgIpc) is 3.42. The first-order chi connectivity index (χ1) is 18.7. The van der Waals surface area contributed by atoms with Gasteiger partial charge in [0.1, 0.15) is 29.0 Å². The van der Waals surface area contributed by atoms with E-state index in [2.05, 4.69) is 21.9 Å². The number of benzene rings is 2. The molecule has 1 N–H and O–H groups in total. The molecule has 9 nitrogen and oxygen atoms in total. The van der Waals surface area contributed by atoms with Crippen LogP contribution < -0.4 is 11.2 Å². The fourth-order valence-electron chi connectivity index (χ4n) is 4.55. The van der Waals surface area contributed by atoms with E-state index in [1.54, 1.807) is 27.0 Å². The first-order valence-corrected chi connectivity index (χ1v) is 12.7. The van der Waals surface area contributed by atoms with E-state index in [1.807, 2.05) is 30.3 Å². The molecule has 0 saturated carbocycles. The Morgan fingerprint density at radius 2 is 1.90 bits per heavy atom. The number of hydrogen-bond acceptors (Lipinski definition) is 5. The van der Waals surface area contributed by atoms with Crippen LogP contribution in [0.25, 0.3) is 27.7 Å². The Bertz CT molecular complexity index is 1810. The fourth-order valence-corrected chi connectivity index (χ4v) is 4.82. The number of nitrogens with zero attached hydrogens (tertiary/aromatic N) is 5. The normalized spacial score (nSPS) is 11.4. The molecule has 0 bridgehead atoms. The van der Waals surface area contributed by atoms with E-state index in [9.17, 15) is 9.59 Å². The largest absolute Gasteiger partial charge is 0.369 e. The van der Waals surface area contributed by atoms with Gasteiger partial charge in [-0.05, 0) is 49.4 Å². The number of rotatable bonds is 8. The summed E-state index contributed by atoms with van der Waals surface area (Å²) in [4.78, 5) is 26.7. The van der Waals surface area contributed by atoms with Gasteiger partial charge in [0.25, 0.3) is 5.56 Å². The van der Waals surface area contributed by atoms with Crippen molar-refractivity contribution in [3.05, 3.63) is 110 Å². The SMILES string of the molecule is C=C(C)c1cn(-c2c(C)n[nH]c2Cl)c(=O)c2cc(F)c(-n3nc(COCc4ccccc4)n(CC)c3=O)cc12. The van der Waals surface area contributed by atoms with Gasteiger partial charge in [-0.3, -0.25) is 19.0 Å². The lowest BCUT2D eigenvalue weighted by Gasteiger charge is -2.14. The molecule has 0 spiro atoms. The van der Waals surface area contributed by atoms with Gasteiger partial charge in [-0.2, -0.15) is 9.78 Å². The smallest absolute Gasteiger partial charge is 0.350 e. The minimum Gasteiger partial charge on any atom is -0.369 e. The number of nitrogens with one attached hydrogen (secondary N) is 1. The number of fused-ring (bicyclic) bond motifs is 1. The predicted molar refractivity (Wildman–Crippen MR) is 148 cm³/mol. The second-order valence-corrected chi connectivity index (χ2v) is 9.53. The molecule has 0 aliphatic carbocycles. The quantitative estimate of drug-likeness (QED) is 0.296. The molecule has 0 atom stereocenters. The Kier molecular flexibility index (Phi) is 7.07. The predicted octanol–water partition coefficient (Wildman–Crippen LogP) is 4.93. The molecule has 0 unspecified atom stereocenters. The van der Waals surface area contributed by atoms with E-state index < -0.39 is 17.1 Å². The van der Waals surface area contributed by atoms with Crippen molar-refractivity contribution in [2.24, 2.45) is 0 Å². The fraction of sp³-hybridized carbons (Fsp3) is 0.214. The maximum Gasteiger partial charge on any atom is 0.350 e. The van der Waals surface area contributed by atoms with Crippen molar-refractivity contribution in [2.45, 2.75) is 40.5 Å². The molecule has 0 saturated heterocycles. The number of aryl methyl sites for hydroxylation is 1. The van der Waals surface area contributed by atoms with E-state index in [4.69, 9.17) is 16.3 Å². The van der Waals surface area contributed by atoms with Crippen LogP contribution in [0, 0.1) is 12.7 Å². The van der Waals surface area contributed by atoms with Crippen LogP contribution in [0.15, 0.2) is 64.8 Å². The van der Waals surface area contributed by atoms with Crippen LogP contribution in [0.2, 0.25) is 5.15 Å². The molecule has 2 aromatic carbocycles. The zero-order valence-electron chi connectivity index (χ0n) is 21.7. The third-order valence-electron chi connectivity index (χ3n) is 6.48. The summed E-state index contributed by atoms with van der Waals surface area (Å²) in [5.74, 6) is -0.418. The van der Waals surface area contributed by atoms with Crippen LogP contribution in [-0.4, -0.2) is 29.1 Å². The van der Waals surface area contributed by atoms with Crippen molar-refractivity contribution in [2.75, 3.05) is 0 Å². The lowest BCUT2D eigenvalue weighted by Crippen LogP contribution is -2.25. The number of allylic oxidation sites excluding steroid dienone is 1. The van der Waals surface area contributed by atoms with Crippen LogP contribution in [0.1, 0.15) is 36.5 Å². The number of halogens is 2. The summed E-state index contributed by atoms with van der Waals surface area (Å²) in [5, 5.41) is 11.8. The first kappa shape index (κ1) is 26.3. The molecule has 3 heterocycles. The molecule has 3 aromatic heterocycles. The van der Waals surface area contributed by atoms with Crippen molar-refractivity contribution >= 4 is 27.9 Å². The lowest BCUT2D eigenvalue weighted by molar-refractivity contribution is 0.0989. The maximum atomic E-state index is 15.6. The van der Waals surface area contributed by atoms with Crippen LogP contribution >= 0.6 is 11.6 Å². The van der Waals surface area contributed by atoms with E-state index in [0.29, 0.717) is 46.9 Å². The summed E-state index contributed by atoms with van der Waals surface area (Å²) in [5.41, 5.74) is 1.97. The number of aromatic nitrogens is 6. The molecular formula is C28H26ClFN6O3. The molecule has 0 amide bonds. The lowest BCUT2D eigenvalue weighted by atomic mass is 10.0. The van der Waals surface area contributed by atoms with E-state index >= 15 is 4.39 Å². The van der Waals surface area contributed by atoms with Gasteiger partial charge in [-0.15, -0.1) is 5.10 Å². The van der Waals surface area contributed by atoms with Crippen LogP contribution in [0.4, 0.5) is 4.39 Å². The number of hydrogen-bond donors (Lipinski definition) is 1. The van der Waals surface area contributed by atoms with E-state index in [1.165, 1.54) is 15.2 Å². The van der Waals surface area contributed by atoms with Gasteiger partial charge in [0.15, 0.2) is 5.82 Å². The summed E-state index contributed by atoms with van der Waals surface area (Å²) in [6.45, 7) is 10.0. The van der Waals surface area contributed by atoms with Gasteiger partial charge in [0.2, 0.25) is 0 Å². The highest BCUT2D eigenvalue weighted by Crippen LogP contribution is 2.29. The highest BCUT2D eigenvalue weighted by Gasteiger charge is 2.21. The maximum absolute atomic E-state index is 15.6. The standard InChI is InChI=1S/C28H26ClFN6O3/c1-5-34-24(15-39-14-18-9-7-6-8-10-18)33-36(28(34)38)23-12-19-20(11-22(23)30)27(37)35(13-21(19)16(2)3)25-17(4)31-32-26(25)29/h6-13H,2,5,14-15H2,1,3-4H3,(H,31,32). The van der Waals surface area contributed by atoms with Crippen molar-refractivity contribution in [3.63, 3.8) is 0 Å². The minimum atomic E-state index is -0.778. The Labute approximate surface area is 227 Å². The Balaban J connectivity index is 1.62. The van der Waals surface area contributed by atoms with Crippen molar-refractivity contribution in [3.8, 4) is 11.4 Å². The molecular weight excluding hydrogens is 523 g/mol. The monoisotopic (exact) mass is 548 g/mol. The number of aromatic amines is 1. The number of pyridine rings is 1. The van der Waals surface area contributed by atoms with E-state index in [0.717, 1.165) is 16.3 Å². The molecule has 0 fully saturated rings. The summed E-state index contributed by atoms with van der Waals surface area (Å²) in [6.07, 6.45) is 1.59.